The van der Waals surface area contributed by atoms with Crippen LogP contribution in [0.15, 0.2) is 42.7 Å². The molecule has 2 nitrogen and oxygen atoms in total. The van der Waals surface area contributed by atoms with Crippen molar-refractivity contribution in [1.29, 1.82) is 0 Å². The summed E-state index contributed by atoms with van der Waals surface area (Å²) >= 11 is 0. The number of unbranched alkanes of at least 4 members (excludes halogenated alkanes) is 28. The van der Waals surface area contributed by atoms with E-state index in [0.717, 1.165) is 6.54 Å². The highest BCUT2D eigenvalue weighted by molar-refractivity contribution is 5.14. The minimum Gasteiger partial charge on any atom is -0.234 e. The molecule has 0 radical (unpaired) electrons. The first-order valence-corrected chi connectivity index (χ1v) is 22.0. The zero-order valence-electron chi connectivity index (χ0n) is 32.7. The number of aryl methyl sites for hydroxylation is 3. The summed E-state index contributed by atoms with van der Waals surface area (Å²) in [6, 6.07) is 11.0. The molecule has 0 aliphatic carbocycles. The SMILES string of the molecule is CCCCCCCCCCCCCCCCCCc1n(CCCCCCCCCCCCCCCC)cc[n+]1CCCc1ccccc1. The van der Waals surface area contributed by atoms with E-state index in [2.05, 4.69) is 65.7 Å². The number of hydrogen-bond acceptors (Lipinski definition) is 0. The van der Waals surface area contributed by atoms with E-state index in [-0.39, 0.29) is 0 Å². The highest BCUT2D eigenvalue weighted by Gasteiger charge is 2.16. The molecule has 0 fully saturated rings. The normalized spacial score (nSPS) is 11.5. The van der Waals surface area contributed by atoms with E-state index in [1.807, 2.05) is 0 Å². The molecule has 0 amide bonds. The zero-order valence-corrected chi connectivity index (χ0v) is 32.7. The second kappa shape index (κ2) is 32.6. The van der Waals surface area contributed by atoms with Gasteiger partial charge in [0, 0.05) is 6.42 Å². The molecule has 1 aromatic heterocycles. The molecule has 276 valence electrons. The first-order valence-electron chi connectivity index (χ1n) is 22.0. The topological polar surface area (TPSA) is 8.81 Å². The summed E-state index contributed by atoms with van der Waals surface area (Å²) in [5.74, 6) is 1.59. The molecule has 2 rings (SSSR count). The lowest BCUT2D eigenvalue weighted by Gasteiger charge is -2.07. The van der Waals surface area contributed by atoms with Crippen molar-refractivity contribution in [2.75, 3.05) is 0 Å². The van der Waals surface area contributed by atoms with Gasteiger partial charge in [-0.05, 0) is 37.7 Å². The fraction of sp³-hybridized carbons (Fsp3) is 0.804. The molecule has 0 atom stereocenters. The minimum atomic E-state index is 1.15. The van der Waals surface area contributed by atoms with E-state index in [0.29, 0.717) is 0 Å². The summed E-state index contributed by atoms with van der Waals surface area (Å²) in [5, 5.41) is 0. The molecule has 0 aliphatic rings. The van der Waals surface area contributed by atoms with Gasteiger partial charge in [0.15, 0.2) is 0 Å². The summed E-state index contributed by atoms with van der Waals surface area (Å²) < 4.78 is 5.21. The van der Waals surface area contributed by atoms with Crippen LogP contribution in [0.25, 0.3) is 0 Å². The van der Waals surface area contributed by atoms with Crippen LogP contribution in [0.1, 0.15) is 224 Å². The van der Waals surface area contributed by atoms with Crippen LogP contribution in [0.2, 0.25) is 0 Å². The van der Waals surface area contributed by atoms with Gasteiger partial charge in [0.2, 0.25) is 0 Å². The second-order valence-corrected chi connectivity index (χ2v) is 15.3. The minimum absolute atomic E-state index is 1.15. The largest absolute Gasteiger partial charge is 0.256 e. The van der Waals surface area contributed by atoms with Crippen LogP contribution < -0.4 is 4.57 Å². The molecule has 2 aromatic rings. The van der Waals surface area contributed by atoms with Gasteiger partial charge in [0.05, 0.1) is 13.1 Å². The first kappa shape index (κ1) is 42.6. The van der Waals surface area contributed by atoms with Gasteiger partial charge in [-0.25, -0.2) is 9.13 Å². The molecular weight excluding hydrogens is 581 g/mol. The lowest BCUT2D eigenvalue weighted by molar-refractivity contribution is -0.704. The Labute approximate surface area is 301 Å². The van der Waals surface area contributed by atoms with E-state index < -0.39 is 0 Å². The standard InChI is InChI=1S/C46H83N2/c1-3-5-7-9-11-13-15-17-19-20-21-23-25-27-29-34-40-46-47(43-44-48(46)42-36-39-45-37-32-31-33-38-45)41-35-30-28-26-24-22-18-16-14-12-10-8-6-4-2/h31-33,37-38,43-44H,3-30,34-36,39-42H2,1-2H3/q+1. The maximum atomic E-state index is 2.62. The molecule has 0 N–H and O–H groups in total. The summed E-state index contributed by atoms with van der Waals surface area (Å²) in [7, 11) is 0. The summed E-state index contributed by atoms with van der Waals surface area (Å²) in [6.07, 6.45) is 51.5. The molecule has 0 aliphatic heterocycles. The quantitative estimate of drug-likeness (QED) is 0.0507. The van der Waals surface area contributed by atoms with E-state index >= 15 is 0 Å². The van der Waals surface area contributed by atoms with Gasteiger partial charge in [0.25, 0.3) is 5.82 Å². The summed E-state index contributed by atoms with van der Waals surface area (Å²) in [5.41, 5.74) is 1.47. The molecule has 1 heterocycles. The van der Waals surface area contributed by atoms with Crippen molar-refractivity contribution in [2.45, 2.75) is 239 Å². The molecule has 0 saturated heterocycles. The molecular formula is C46H83N2+. The average Bonchev–Trinajstić information content (AvgIpc) is 3.49. The lowest BCUT2D eigenvalue weighted by Crippen LogP contribution is -2.37. The monoisotopic (exact) mass is 664 g/mol. The van der Waals surface area contributed by atoms with Gasteiger partial charge in [-0.15, -0.1) is 0 Å². The number of benzene rings is 1. The predicted molar refractivity (Wildman–Crippen MR) is 213 cm³/mol. The lowest BCUT2D eigenvalue weighted by atomic mass is 10.0. The van der Waals surface area contributed by atoms with E-state index in [1.54, 1.807) is 5.82 Å². The Morgan fingerprint density at radius 2 is 0.812 bits per heavy atom. The smallest absolute Gasteiger partial charge is 0.234 e. The molecule has 0 unspecified atom stereocenters. The van der Waals surface area contributed by atoms with Crippen LogP contribution in [0, 0.1) is 0 Å². The Bertz CT molecular complexity index is 915. The summed E-state index contributed by atoms with van der Waals surface area (Å²) in [6.45, 7) is 6.97. The Kier molecular flexibility index (Phi) is 29.0. The Balaban J connectivity index is 1.57. The van der Waals surface area contributed by atoms with Gasteiger partial charge >= 0.3 is 0 Å². The van der Waals surface area contributed by atoms with Gasteiger partial charge in [-0.1, -0.05) is 218 Å². The number of hydrogen-bond donors (Lipinski definition) is 0. The van der Waals surface area contributed by atoms with E-state index in [4.69, 9.17) is 0 Å². The number of rotatable bonds is 36. The fourth-order valence-corrected chi connectivity index (χ4v) is 7.60. The van der Waals surface area contributed by atoms with Crippen LogP contribution in [-0.2, 0) is 25.9 Å². The van der Waals surface area contributed by atoms with Gasteiger partial charge in [0.1, 0.15) is 12.4 Å². The number of aromatic nitrogens is 2. The van der Waals surface area contributed by atoms with Gasteiger partial charge < -0.3 is 0 Å². The predicted octanol–water partition coefficient (Wildman–Crippen LogP) is 14.7. The van der Waals surface area contributed by atoms with Crippen molar-refractivity contribution in [1.82, 2.24) is 4.57 Å². The van der Waals surface area contributed by atoms with Crippen molar-refractivity contribution < 1.29 is 4.57 Å². The van der Waals surface area contributed by atoms with Crippen molar-refractivity contribution >= 4 is 0 Å². The molecule has 0 spiro atoms. The number of nitrogens with zero attached hydrogens (tertiary/aromatic N) is 2. The molecule has 1 aromatic carbocycles. The first-order chi connectivity index (χ1) is 23.8. The van der Waals surface area contributed by atoms with Crippen molar-refractivity contribution in [3.63, 3.8) is 0 Å². The van der Waals surface area contributed by atoms with Crippen LogP contribution >= 0.6 is 0 Å². The van der Waals surface area contributed by atoms with Crippen LogP contribution in [-0.4, -0.2) is 4.57 Å². The molecule has 48 heavy (non-hydrogen) atoms. The molecule has 0 saturated carbocycles. The third-order valence-corrected chi connectivity index (χ3v) is 10.8. The molecule has 2 heteroatoms. The Morgan fingerprint density at radius 3 is 1.25 bits per heavy atom. The summed E-state index contributed by atoms with van der Waals surface area (Å²) in [4.78, 5) is 0. The zero-order chi connectivity index (χ0) is 34.0. The second-order valence-electron chi connectivity index (χ2n) is 15.3. The highest BCUT2D eigenvalue weighted by atomic mass is 15.1. The maximum absolute atomic E-state index is 2.62. The van der Waals surface area contributed by atoms with Crippen molar-refractivity contribution in [3.05, 3.63) is 54.1 Å². The third kappa shape index (κ3) is 23.7. The van der Waals surface area contributed by atoms with E-state index in [9.17, 15) is 0 Å². The van der Waals surface area contributed by atoms with Crippen molar-refractivity contribution in [3.8, 4) is 0 Å². The van der Waals surface area contributed by atoms with Crippen LogP contribution in [0.4, 0.5) is 0 Å². The van der Waals surface area contributed by atoms with Crippen molar-refractivity contribution in [2.24, 2.45) is 0 Å². The third-order valence-electron chi connectivity index (χ3n) is 10.8. The van der Waals surface area contributed by atoms with Gasteiger partial charge in [-0.2, -0.15) is 0 Å². The maximum Gasteiger partial charge on any atom is 0.256 e. The average molecular weight is 664 g/mol. The van der Waals surface area contributed by atoms with Gasteiger partial charge in [-0.3, -0.25) is 0 Å². The van der Waals surface area contributed by atoms with Crippen LogP contribution in [0.5, 0.6) is 0 Å². The van der Waals surface area contributed by atoms with E-state index in [1.165, 1.54) is 224 Å². The Morgan fingerprint density at radius 1 is 0.417 bits per heavy atom. The highest BCUT2D eigenvalue weighted by Crippen LogP contribution is 2.16. The Hall–Kier alpha value is -1.57. The van der Waals surface area contributed by atoms with Crippen LogP contribution in [0.3, 0.4) is 0 Å². The number of imidazole rings is 1. The fourth-order valence-electron chi connectivity index (χ4n) is 7.60. The molecule has 0 bridgehead atoms.